The Morgan fingerprint density at radius 1 is 0.867 bits per heavy atom. The van der Waals surface area contributed by atoms with E-state index in [2.05, 4.69) is 10.9 Å². The van der Waals surface area contributed by atoms with Crippen molar-refractivity contribution in [1.29, 1.82) is 0 Å². The van der Waals surface area contributed by atoms with E-state index in [0.29, 0.717) is 42.8 Å². The summed E-state index contributed by atoms with van der Waals surface area (Å²) in [7, 11) is 0. The molecule has 30 heavy (non-hydrogen) atoms. The lowest BCUT2D eigenvalue weighted by molar-refractivity contribution is -0.123. The third-order valence-electron chi connectivity index (χ3n) is 6.13. The quantitative estimate of drug-likeness (QED) is 0.515. The van der Waals surface area contributed by atoms with Crippen molar-refractivity contribution in [3.8, 4) is 11.5 Å². The van der Waals surface area contributed by atoms with Crippen LogP contribution in [0, 0.1) is 17.8 Å². The molecule has 0 aliphatic heterocycles. The van der Waals surface area contributed by atoms with Gasteiger partial charge in [0.2, 0.25) is 5.91 Å². The van der Waals surface area contributed by atoms with Crippen molar-refractivity contribution in [2.24, 2.45) is 17.8 Å². The highest BCUT2D eigenvalue weighted by atomic mass is 16.5. The second-order valence-electron chi connectivity index (χ2n) is 8.15. The summed E-state index contributed by atoms with van der Waals surface area (Å²) in [6, 6.07) is 16.5. The lowest BCUT2D eigenvalue weighted by Gasteiger charge is -2.21. The van der Waals surface area contributed by atoms with E-state index >= 15 is 0 Å². The highest BCUT2D eigenvalue weighted by Gasteiger charge is 2.40. The summed E-state index contributed by atoms with van der Waals surface area (Å²) in [5.41, 5.74) is 5.46. The van der Waals surface area contributed by atoms with Crippen LogP contribution in [0.1, 0.15) is 42.5 Å². The molecule has 2 amide bonds. The van der Waals surface area contributed by atoms with Gasteiger partial charge in [0.25, 0.3) is 5.91 Å². The summed E-state index contributed by atoms with van der Waals surface area (Å²) in [4.78, 5) is 24.8. The molecule has 2 N–H and O–H groups in total. The van der Waals surface area contributed by atoms with E-state index in [9.17, 15) is 9.59 Å². The molecule has 2 saturated carbocycles. The molecule has 0 aromatic heterocycles. The van der Waals surface area contributed by atoms with Gasteiger partial charge in [0.1, 0.15) is 24.7 Å². The van der Waals surface area contributed by atoms with E-state index in [4.69, 9.17) is 9.47 Å². The van der Waals surface area contributed by atoms with Gasteiger partial charge in [-0.25, -0.2) is 0 Å². The van der Waals surface area contributed by atoms with Crippen molar-refractivity contribution in [3.05, 3.63) is 60.2 Å². The Balaban J connectivity index is 1.23. The van der Waals surface area contributed by atoms with Crippen LogP contribution >= 0.6 is 0 Å². The molecule has 2 aliphatic rings. The Morgan fingerprint density at radius 3 is 2.40 bits per heavy atom. The summed E-state index contributed by atoms with van der Waals surface area (Å²) in [5, 5.41) is 0. The van der Waals surface area contributed by atoms with Crippen LogP contribution < -0.4 is 20.3 Å². The molecule has 2 aromatic carbocycles. The number of amides is 2. The van der Waals surface area contributed by atoms with Crippen molar-refractivity contribution in [2.75, 3.05) is 13.2 Å². The van der Waals surface area contributed by atoms with Gasteiger partial charge in [0, 0.05) is 6.42 Å². The maximum absolute atomic E-state index is 12.6. The van der Waals surface area contributed by atoms with Gasteiger partial charge in [0.05, 0.1) is 5.56 Å². The average Bonchev–Trinajstić information content (AvgIpc) is 3.39. The zero-order valence-corrected chi connectivity index (χ0v) is 17.0. The van der Waals surface area contributed by atoms with Gasteiger partial charge in [-0.1, -0.05) is 36.8 Å². The first-order chi connectivity index (χ1) is 14.7. The third kappa shape index (κ3) is 5.12. The summed E-state index contributed by atoms with van der Waals surface area (Å²) in [6.07, 6.45) is 5.45. The second-order valence-corrected chi connectivity index (χ2v) is 8.15. The van der Waals surface area contributed by atoms with Gasteiger partial charge < -0.3 is 9.47 Å². The van der Waals surface area contributed by atoms with Gasteiger partial charge in [-0.05, 0) is 61.3 Å². The number of rotatable bonds is 8. The van der Waals surface area contributed by atoms with Crippen molar-refractivity contribution in [2.45, 2.75) is 32.1 Å². The average molecular weight is 408 g/mol. The fourth-order valence-corrected chi connectivity index (χ4v) is 4.72. The number of carbonyl (C=O) groups is 2. The molecule has 158 valence electrons. The lowest BCUT2D eigenvalue weighted by atomic mass is 9.86. The molecule has 0 radical (unpaired) electrons. The Bertz CT molecular complexity index is 871. The summed E-state index contributed by atoms with van der Waals surface area (Å²) >= 11 is 0. The van der Waals surface area contributed by atoms with E-state index in [-0.39, 0.29) is 5.91 Å². The molecule has 0 spiro atoms. The maximum Gasteiger partial charge on any atom is 0.273 e. The second kappa shape index (κ2) is 9.65. The molecule has 0 heterocycles. The predicted octanol–water partition coefficient (Wildman–Crippen LogP) is 3.73. The molecule has 2 bridgehead atoms. The summed E-state index contributed by atoms with van der Waals surface area (Å²) in [5.74, 6) is 2.65. The van der Waals surface area contributed by atoms with Gasteiger partial charge in [-0.15, -0.1) is 0 Å². The number of nitrogens with one attached hydrogen (secondary N) is 2. The van der Waals surface area contributed by atoms with Crippen molar-refractivity contribution in [3.63, 3.8) is 0 Å². The maximum atomic E-state index is 12.6. The van der Waals surface area contributed by atoms with Gasteiger partial charge in [-0.2, -0.15) is 0 Å². The Labute approximate surface area is 176 Å². The number of hydrazine groups is 1. The van der Waals surface area contributed by atoms with Crippen molar-refractivity contribution >= 4 is 11.8 Å². The first-order valence-electron chi connectivity index (χ1n) is 10.7. The minimum absolute atomic E-state index is 0.129. The van der Waals surface area contributed by atoms with E-state index in [0.717, 1.165) is 18.1 Å². The Hall–Kier alpha value is -3.02. The van der Waals surface area contributed by atoms with Crippen molar-refractivity contribution in [1.82, 2.24) is 10.9 Å². The zero-order valence-electron chi connectivity index (χ0n) is 17.0. The molecular formula is C24H28N2O4. The van der Waals surface area contributed by atoms with Gasteiger partial charge >= 0.3 is 0 Å². The van der Waals surface area contributed by atoms with E-state index in [1.54, 1.807) is 24.3 Å². The molecule has 6 nitrogen and oxygen atoms in total. The fraction of sp³-hybridized carbons (Fsp3) is 0.417. The molecule has 6 heteroatoms. The standard InChI is InChI=1S/C24H28N2O4/c27-23(16-19-15-17-10-11-18(19)14-17)25-26-24(28)21-8-4-5-9-22(21)30-13-12-29-20-6-2-1-3-7-20/h1-9,17-19H,10-16H2,(H,25,27)(H,26,28)/t17-,18-,19+/m1/s1. The first kappa shape index (κ1) is 20.3. The fourth-order valence-electron chi connectivity index (χ4n) is 4.72. The molecular weight excluding hydrogens is 380 g/mol. The number of para-hydroxylation sites is 2. The van der Waals surface area contributed by atoms with E-state index in [1.807, 2.05) is 30.3 Å². The lowest BCUT2D eigenvalue weighted by Crippen LogP contribution is -2.42. The van der Waals surface area contributed by atoms with Crippen LogP contribution in [0.15, 0.2) is 54.6 Å². The van der Waals surface area contributed by atoms with Crippen molar-refractivity contribution < 1.29 is 19.1 Å². The number of benzene rings is 2. The van der Waals surface area contributed by atoms with Crippen LogP contribution in [0.4, 0.5) is 0 Å². The van der Waals surface area contributed by atoms with Crippen LogP contribution in [0.5, 0.6) is 11.5 Å². The third-order valence-corrected chi connectivity index (χ3v) is 6.13. The minimum Gasteiger partial charge on any atom is -0.490 e. The van der Waals surface area contributed by atoms with Crippen LogP contribution in [0.2, 0.25) is 0 Å². The number of fused-ring (bicyclic) bond motifs is 2. The Morgan fingerprint density at radius 2 is 1.63 bits per heavy atom. The monoisotopic (exact) mass is 408 g/mol. The highest BCUT2D eigenvalue weighted by molar-refractivity contribution is 5.97. The normalized spacial score (nSPS) is 21.8. The summed E-state index contributed by atoms with van der Waals surface area (Å²) < 4.78 is 11.3. The van der Waals surface area contributed by atoms with E-state index in [1.165, 1.54) is 19.3 Å². The molecule has 4 rings (SSSR count). The SMILES string of the molecule is O=C(C[C@@H]1C[C@@H]2CC[C@@H]1C2)NNC(=O)c1ccccc1OCCOc1ccccc1. The first-order valence-corrected chi connectivity index (χ1v) is 10.7. The van der Waals surface area contributed by atoms with Gasteiger partial charge in [-0.3, -0.25) is 20.4 Å². The number of carbonyl (C=O) groups excluding carboxylic acids is 2. The molecule has 2 fully saturated rings. The predicted molar refractivity (Wildman–Crippen MR) is 113 cm³/mol. The largest absolute Gasteiger partial charge is 0.490 e. The summed E-state index contributed by atoms with van der Waals surface area (Å²) in [6.45, 7) is 0.663. The topological polar surface area (TPSA) is 76.7 Å². The molecule has 2 aliphatic carbocycles. The van der Waals surface area contributed by atoms with Crippen LogP contribution in [0.3, 0.4) is 0 Å². The van der Waals surface area contributed by atoms with E-state index < -0.39 is 5.91 Å². The highest BCUT2D eigenvalue weighted by Crippen LogP contribution is 2.49. The van der Waals surface area contributed by atoms with Crippen LogP contribution in [0.25, 0.3) is 0 Å². The molecule has 3 atom stereocenters. The smallest absolute Gasteiger partial charge is 0.273 e. The number of hydrogen-bond donors (Lipinski definition) is 2. The number of ether oxygens (including phenoxy) is 2. The zero-order chi connectivity index (χ0) is 20.8. The molecule has 2 aromatic rings. The minimum atomic E-state index is -0.393. The van der Waals surface area contributed by atoms with Crippen LogP contribution in [-0.4, -0.2) is 25.0 Å². The molecule has 0 saturated heterocycles. The van der Waals surface area contributed by atoms with Crippen LogP contribution in [-0.2, 0) is 4.79 Å². The Kier molecular flexibility index (Phi) is 6.52. The van der Waals surface area contributed by atoms with Gasteiger partial charge in [0.15, 0.2) is 0 Å². The molecule has 0 unspecified atom stereocenters. The number of hydrogen-bond acceptors (Lipinski definition) is 4.